The van der Waals surface area contributed by atoms with Crippen molar-refractivity contribution in [1.29, 1.82) is 0 Å². The van der Waals surface area contributed by atoms with Crippen LogP contribution in [0, 0.1) is 6.92 Å². The van der Waals surface area contributed by atoms with Crippen molar-refractivity contribution in [3.63, 3.8) is 0 Å². The molecule has 2 aromatic carbocycles. The molecule has 2 rings (SSSR count). The van der Waals surface area contributed by atoms with Crippen LogP contribution in [-0.4, -0.2) is 45.1 Å². The molecule has 0 aliphatic rings. The number of methoxy groups -OCH3 is 1. The zero-order valence-corrected chi connectivity index (χ0v) is 21.4. The zero-order chi connectivity index (χ0) is 25.5. The molecule has 0 radical (unpaired) electrons. The fourth-order valence-corrected chi connectivity index (χ4v) is 4.53. The Hall–Kier alpha value is -2.91. The summed E-state index contributed by atoms with van der Waals surface area (Å²) in [4.78, 5) is 24.6. The third-order valence-corrected chi connectivity index (χ3v) is 6.88. The minimum Gasteiger partial charge on any atom is -0.478 e. The molecule has 0 aliphatic carbocycles. The van der Waals surface area contributed by atoms with Crippen molar-refractivity contribution in [2.75, 3.05) is 7.11 Å². The lowest BCUT2D eigenvalue weighted by Gasteiger charge is -2.27. The van der Waals surface area contributed by atoms with E-state index in [9.17, 15) is 18.0 Å². The highest BCUT2D eigenvalue weighted by Crippen LogP contribution is 2.21. The van der Waals surface area contributed by atoms with E-state index in [-0.39, 0.29) is 10.9 Å². The normalized spacial score (nSPS) is 13.6. The number of amides is 1. The fraction of sp³-hybridized carbons (Fsp3) is 0.440. The second kappa shape index (κ2) is 11.5. The highest BCUT2D eigenvalue weighted by atomic mass is 32.2. The van der Waals surface area contributed by atoms with Gasteiger partial charge in [0, 0.05) is 6.04 Å². The molecule has 0 saturated carbocycles. The molecular formula is C25H34N2O6S. The van der Waals surface area contributed by atoms with Gasteiger partial charge in [-0.15, -0.1) is 0 Å². The van der Waals surface area contributed by atoms with Crippen LogP contribution in [0.2, 0.25) is 0 Å². The van der Waals surface area contributed by atoms with Crippen LogP contribution < -0.4 is 14.8 Å². The summed E-state index contributed by atoms with van der Waals surface area (Å²) in [6, 6.07) is 12.7. The zero-order valence-electron chi connectivity index (χ0n) is 20.5. The quantitative estimate of drug-likeness (QED) is 0.468. The highest BCUT2D eigenvalue weighted by Gasteiger charge is 2.33. The first kappa shape index (κ1) is 27.3. The summed E-state index contributed by atoms with van der Waals surface area (Å²) >= 11 is 0. The summed E-state index contributed by atoms with van der Waals surface area (Å²) in [5, 5.41) is 2.65. The van der Waals surface area contributed by atoms with E-state index in [0.717, 1.165) is 11.1 Å². The number of carbonyl (C=O) groups excluding carboxylic acids is 2. The number of rotatable bonds is 11. The Bertz CT molecular complexity index is 1080. The Morgan fingerprint density at radius 1 is 1.03 bits per heavy atom. The van der Waals surface area contributed by atoms with Crippen molar-refractivity contribution < 1.29 is 27.5 Å². The molecule has 0 heterocycles. The number of carbonyl (C=O) groups is 2. The number of nitrogens with one attached hydrogen (secondary N) is 2. The number of aryl methyl sites for hydroxylation is 1. The van der Waals surface area contributed by atoms with Crippen LogP contribution in [0.3, 0.4) is 0 Å². The maximum atomic E-state index is 12.6. The first-order valence-electron chi connectivity index (χ1n) is 11.1. The van der Waals surface area contributed by atoms with E-state index in [2.05, 4.69) is 10.0 Å². The highest BCUT2D eigenvalue weighted by molar-refractivity contribution is 7.89. The molecule has 0 aliphatic heterocycles. The van der Waals surface area contributed by atoms with Gasteiger partial charge in [0.2, 0.25) is 10.0 Å². The molecule has 2 atom stereocenters. The van der Waals surface area contributed by atoms with Crippen LogP contribution in [0.4, 0.5) is 0 Å². The Morgan fingerprint density at radius 3 is 2.15 bits per heavy atom. The predicted molar refractivity (Wildman–Crippen MR) is 130 cm³/mol. The van der Waals surface area contributed by atoms with Crippen LogP contribution >= 0.6 is 0 Å². The smallest absolute Gasteiger partial charge is 0.328 e. The molecule has 0 fully saturated rings. The van der Waals surface area contributed by atoms with Crippen LogP contribution in [0.15, 0.2) is 53.4 Å². The number of sulfonamides is 1. The summed E-state index contributed by atoms with van der Waals surface area (Å²) in [5.74, 6) is -0.473. The molecule has 0 aromatic heterocycles. The van der Waals surface area contributed by atoms with Crippen molar-refractivity contribution in [2.45, 2.75) is 70.0 Å². The first-order chi connectivity index (χ1) is 15.9. The largest absolute Gasteiger partial charge is 0.478 e. The van der Waals surface area contributed by atoms with Crippen LogP contribution in [0.5, 0.6) is 5.75 Å². The summed E-state index contributed by atoms with van der Waals surface area (Å²) in [7, 11) is -2.34. The monoisotopic (exact) mass is 490 g/mol. The van der Waals surface area contributed by atoms with Crippen LogP contribution in [0.1, 0.15) is 45.2 Å². The van der Waals surface area contributed by atoms with Crippen molar-refractivity contribution >= 4 is 21.9 Å². The summed E-state index contributed by atoms with van der Waals surface area (Å²) in [6.45, 7) is 8.70. The van der Waals surface area contributed by atoms with Gasteiger partial charge >= 0.3 is 5.97 Å². The molecule has 1 unspecified atom stereocenters. The van der Waals surface area contributed by atoms with Crippen molar-refractivity contribution in [3.05, 3.63) is 59.7 Å². The van der Waals surface area contributed by atoms with Gasteiger partial charge in [-0.25, -0.2) is 17.9 Å². The molecular weight excluding hydrogens is 456 g/mol. The maximum absolute atomic E-state index is 12.6. The number of hydrogen-bond acceptors (Lipinski definition) is 6. The van der Waals surface area contributed by atoms with E-state index in [0.29, 0.717) is 18.6 Å². The molecule has 34 heavy (non-hydrogen) atoms. The summed E-state index contributed by atoms with van der Waals surface area (Å²) in [5.41, 5.74) is 0.675. The van der Waals surface area contributed by atoms with Crippen molar-refractivity contribution in [3.8, 4) is 5.75 Å². The van der Waals surface area contributed by atoms with E-state index in [1.165, 1.54) is 7.11 Å². The van der Waals surface area contributed by atoms with E-state index >= 15 is 0 Å². The molecule has 8 nitrogen and oxygen atoms in total. The van der Waals surface area contributed by atoms with E-state index in [1.54, 1.807) is 64.1 Å². The van der Waals surface area contributed by atoms with Crippen LogP contribution in [0.25, 0.3) is 0 Å². The van der Waals surface area contributed by atoms with E-state index < -0.39 is 33.5 Å². The average molecular weight is 491 g/mol. The number of ether oxygens (including phenoxy) is 2. The third-order valence-electron chi connectivity index (χ3n) is 5.27. The van der Waals surface area contributed by atoms with Gasteiger partial charge in [0.05, 0.1) is 12.0 Å². The van der Waals surface area contributed by atoms with Gasteiger partial charge in [-0.05, 0) is 70.4 Å². The predicted octanol–water partition coefficient (Wildman–Crippen LogP) is 3.13. The van der Waals surface area contributed by atoms with Gasteiger partial charge in [0.15, 0.2) is 5.60 Å². The maximum Gasteiger partial charge on any atom is 0.328 e. The van der Waals surface area contributed by atoms with Crippen molar-refractivity contribution in [2.24, 2.45) is 0 Å². The lowest BCUT2D eigenvalue weighted by Crippen LogP contribution is -2.52. The number of esters is 1. The van der Waals surface area contributed by atoms with Gasteiger partial charge in [-0.2, -0.15) is 0 Å². The minimum absolute atomic E-state index is 0.228. The standard InChI is InChI=1S/C25H34N2O6S/c1-7-22(23(28)32-6)26-24(29)25(4,5)33-20-12-10-19(11-13-20)16-18(3)27-34(30,31)21-14-8-17(2)9-15-21/h8-15,18,22,27H,7,16H2,1-6H3,(H,26,29)/t18-,22?/m1/s1. The second-order valence-corrected chi connectivity index (χ2v) is 10.5. The average Bonchev–Trinajstić information content (AvgIpc) is 2.77. The summed E-state index contributed by atoms with van der Waals surface area (Å²) < 4.78 is 38.4. The third kappa shape index (κ3) is 7.56. The Balaban J connectivity index is 1.98. The first-order valence-corrected chi connectivity index (χ1v) is 12.6. The second-order valence-electron chi connectivity index (χ2n) is 8.75. The molecule has 0 bridgehead atoms. The Labute approximate surface area is 202 Å². The Kier molecular flexibility index (Phi) is 9.23. The molecule has 0 spiro atoms. The van der Waals surface area contributed by atoms with E-state index in [4.69, 9.17) is 9.47 Å². The van der Waals surface area contributed by atoms with E-state index in [1.807, 2.05) is 19.1 Å². The lowest BCUT2D eigenvalue weighted by atomic mass is 10.1. The molecule has 2 N–H and O–H groups in total. The molecule has 9 heteroatoms. The van der Waals surface area contributed by atoms with Crippen molar-refractivity contribution in [1.82, 2.24) is 10.0 Å². The van der Waals surface area contributed by atoms with Crippen LogP contribution in [-0.2, 0) is 30.8 Å². The lowest BCUT2D eigenvalue weighted by molar-refractivity contribution is -0.147. The van der Waals surface area contributed by atoms with Gasteiger partial charge in [-0.3, -0.25) is 4.79 Å². The molecule has 186 valence electrons. The SMILES string of the molecule is CCC(NC(=O)C(C)(C)Oc1ccc(C[C@@H](C)NS(=O)(=O)c2ccc(C)cc2)cc1)C(=O)OC. The molecule has 1 amide bonds. The van der Waals surface area contributed by atoms with Gasteiger partial charge in [0.1, 0.15) is 11.8 Å². The Morgan fingerprint density at radius 2 is 1.62 bits per heavy atom. The fourth-order valence-electron chi connectivity index (χ4n) is 3.28. The summed E-state index contributed by atoms with van der Waals surface area (Å²) in [6.07, 6.45) is 0.877. The minimum atomic E-state index is -3.61. The van der Waals surface area contributed by atoms with Gasteiger partial charge in [-0.1, -0.05) is 36.8 Å². The van der Waals surface area contributed by atoms with Gasteiger partial charge < -0.3 is 14.8 Å². The van der Waals surface area contributed by atoms with Gasteiger partial charge in [0.25, 0.3) is 5.91 Å². The topological polar surface area (TPSA) is 111 Å². The number of benzene rings is 2. The number of hydrogen-bond donors (Lipinski definition) is 2. The molecule has 0 saturated heterocycles. The molecule has 2 aromatic rings.